The van der Waals surface area contributed by atoms with Gasteiger partial charge in [-0.05, 0) is 63.3 Å². The number of ether oxygens (including phenoxy) is 1. The first-order chi connectivity index (χ1) is 12.8. The third-order valence-electron chi connectivity index (χ3n) is 3.60. The molecule has 0 bridgehead atoms. The monoisotopic (exact) mass is 434 g/mol. The van der Waals surface area contributed by atoms with E-state index >= 15 is 0 Å². The molecule has 0 heterocycles. The van der Waals surface area contributed by atoms with Gasteiger partial charge < -0.3 is 4.74 Å². The lowest BCUT2D eigenvalue weighted by Gasteiger charge is -2.11. The van der Waals surface area contributed by atoms with Gasteiger partial charge in [0.1, 0.15) is 11.6 Å². The van der Waals surface area contributed by atoms with Crippen molar-refractivity contribution in [2.24, 2.45) is 0 Å². The molecule has 2 rings (SSSR count). The summed E-state index contributed by atoms with van der Waals surface area (Å²) in [6.45, 7) is 3.92. The number of carbonyl (C=O) groups is 2. The molecule has 2 aromatic carbocycles. The largest absolute Gasteiger partial charge is 0.483 e. The van der Waals surface area contributed by atoms with E-state index in [2.05, 4.69) is 40.6 Å². The fraction of sp³-hybridized carbons (Fsp3) is 0.200. The lowest BCUT2D eigenvalue weighted by atomic mass is 10.0. The minimum absolute atomic E-state index is 0.248. The zero-order valence-electron chi connectivity index (χ0n) is 15.0. The Balaban J connectivity index is 1.77. The molecule has 0 aliphatic carbocycles. The Bertz CT molecular complexity index is 836. The highest BCUT2D eigenvalue weighted by atomic mass is 79.9. The van der Waals surface area contributed by atoms with Crippen LogP contribution in [0.25, 0.3) is 6.08 Å². The first-order valence-electron chi connectivity index (χ1n) is 8.30. The summed E-state index contributed by atoms with van der Waals surface area (Å²) >= 11 is 3.42. The molecule has 7 heteroatoms. The third-order valence-corrected chi connectivity index (χ3v) is 4.22. The van der Waals surface area contributed by atoms with Gasteiger partial charge in [-0.25, -0.2) is 4.39 Å². The molecule has 0 aliphatic rings. The van der Waals surface area contributed by atoms with Crippen LogP contribution in [0.15, 0.2) is 53.0 Å². The second-order valence-corrected chi connectivity index (χ2v) is 6.91. The summed E-state index contributed by atoms with van der Waals surface area (Å²) < 4.78 is 19.0. The van der Waals surface area contributed by atoms with Gasteiger partial charge in [-0.2, -0.15) is 0 Å². The summed E-state index contributed by atoms with van der Waals surface area (Å²) in [5.41, 5.74) is 6.32. The van der Waals surface area contributed by atoms with Crippen molar-refractivity contribution in [3.05, 3.63) is 70.0 Å². The van der Waals surface area contributed by atoms with Crippen molar-refractivity contribution < 1.29 is 18.7 Å². The van der Waals surface area contributed by atoms with Crippen molar-refractivity contribution in [2.45, 2.75) is 19.8 Å². The number of rotatable bonds is 6. The van der Waals surface area contributed by atoms with Crippen LogP contribution in [0, 0.1) is 5.82 Å². The van der Waals surface area contributed by atoms with Crippen LogP contribution in [0.3, 0.4) is 0 Å². The number of nitrogens with one attached hydrogen (secondary N) is 2. The van der Waals surface area contributed by atoms with E-state index in [9.17, 15) is 14.0 Å². The Morgan fingerprint density at radius 3 is 2.48 bits per heavy atom. The van der Waals surface area contributed by atoms with Crippen molar-refractivity contribution in [1.82, 2.24) is 10.9 Å². The summed E-state index contributed by atoms with van der Waals surface area (Å²) in [4.78, 5) is 23.5. The van der Waals surface area contributed by atoms with Crippen molar-refractivity contribution in [3.63, 3.8) is 0 Å². The zero-order valence-corrected chi connectivity index (χ0v) is 16.5. The predicted molar refractivity (Wildman–Crippen MR) is 105 cm³/mol. The highest BCUT2D eigenvalue weighted by molar-refractivity contribution is 9.10. The van der Waals surface area contributed by atoms with Crippen molar-refractivity contribution in [3.8, 4) is 5.75 Å². The maximum absolute atomic E-state index is 12.8. The molecule has 0 unspecified atom stereocenters. The van der Waals surface area contributed by atoms with Crippen molar-refractivity contribution in [2.75, 3.05) is 6.61 Å². The molecule has 0 radical (unpaired) electrons. The van der Waals surface area contributed by atoms with Gasteiger partial charge in [0.15, 0.2) is 6.61 Å². The minimum Gasteiger partial charge on any atom is -0.483 e. The fourth-order valence-electron chi connectivity index (χ4n) is 2.09. The number of benzene rings is 2. The number of hydrogen-bond donors (Lipinski definition) is 2. The van der Waals surface area contributed by atoms with Gasteiger partial charge in [0.05, 0.1) is 4.47 Å². The third kappa shape index (κ3) is 6.86. The Labute approximate surface area is 165 Å². The molecule has 142 valence electrons. The first-order valence-corrected chi connectivity index (χ1v) is 9.09. The van der Waals surface area contributed by atoms with Gasteiger partial charge in [-0.15, -0.1) is 0 Å². The van der Waals surface area contributed by atoms with Gasteiger partial charge >= 0.3 is 0 Å². The SMILES string of the molecule is CC(C)c1ccc(OCC(=O)NNC(=O)C=Cc2ccc(F)cc2)c(Br)c1. The standard InChI is InChI=1S/C20H20BrFN2O3/c1-13(2)15-6-9-18(17(21)11-15)27-12-20(26)24-23-19(25)10-5-14-3-7-16(22)8-4-14/h3-11,13H,12H2,1-2H3,(H,23,25)(H,24,26). The van der Waals surface area contributed by atoms with E-state index in [1.165, 1.54) is 36.4 Å². The molecular weight excluding hydrogens is 415 g/mol. The molecule has 0 aliphatic heterocycles. The number of hydrazine groups is 1. The topological polar surface area (TPSA) is 67.4 Å². The highest BCUT2D eigenvalue weighted by Crippen LogP contribution is 2.28. The normalized spacial score (nSPS) is 10.9. The summed E-state index contributed by atoms with van der Waals surface area (Å²) in [6, 6.07) is 11.3. The number of amides is 2. The average molecular weight is 435 g/mol. The molecule has 0 fully saturated rings. The molecule has 0 spiro atoms. The van der Waals surface area contributed by atoms with Crippen LogP contribution in [-0.4, -0.2) is 18.4 Å². The lowest BCUT2D eigenvalue weighted by molar-refractivity contribution is -0.128. The maximum atomic E-state index is 12.8. The Morgan fingerprint density at radius 2 is 1.85 bits per heavy atom. The van der Waals surface area contributed by atoms with E-state index in [0.717, 1.165) is 10.0 Å². The average Bonchev–Trinajstić information content (AvgIpc) is 2.64. The molecule has 0 aromatic heterocycles. The van der Waals surface area contributed by atoms with Crippen molar-refractivity contribution >= 4 is 33.8 Å². The Hall–Kier alpha value is -2.67. The smallest absolute Gasteiger partial charge is 0.276 e. The van der Waals surface area contributed by atoms with Gasteiger partial charge in [-0.3, -0.25) is 20.4 Å². The summed E-state index contributed by atoms with van der Waals surface area (Å²) in [5, 5.41) is 0. The zero-order chi connectivity index (χ0) is 19.8. The van der Waals surface area contributed by atoms with Gasteiger partial charge in [0.2, 0.25) is 0 Å². The van der Waals surface area contributed by atoms with E-state index in [1.54, 1.807) is 6.07 Å². The van der Waals surface area contributed by atoms with E-state index < -0.39 is 11.8 Å². The van der Waals surface area contributed by atoms with Crippen LogP contribution in [0.2, 0.25) is 0 Å². The van der Waals surface area contributed by atoms with E-state index in [1.807, 2.05) is 12.1 Å². The number of carbonyl (C=O) groups excluding carboxylic acids is 2. The van der Waals surface area contributed by atoms with Crippen LogP contribution in [-0.2, 0) is 9.59 Å². The molecule has 2 amide bonds. The molecule has 0 saturated heterocycles. The van der Waals surface area contributed by atoms with Gasteiger partial charge in [0, 0.05) is 6.08 Å². The molecule has 0 atom stereocenters. The van der Waals surface area contributed by atoms with Crippen molar-refractivity contribution in [1.29, 1.82) is 0 Å². The fourth-order valence-corrected chi connectivity index (χ4v) is 2.60. The van der Waals surface area contributed by atoms with E-state index in [-0.39, 0.29) is 12.4 Å². The number of halogens is 2. The van der Waals surface area contributed by atoms with Gasteiger partial charge in [-0.1, -0.05) is 32.0 Å². The minimum atomic E-state index is -0.518. The predicted octanol–water partition coefficient (Wildman–Crippen LogP) is 3.95. The van der Waals surface area contributed by atoms with E-state index in [0.29, 0.717) is 17.2 Å². The molecule has 2 N–H and O–H groups in total. The molecule has 5 nitrogen and oxygen atoms in total. The van der Waals surface area contributed by atoms with Crippen LogP contribution in [0.4, 0.5) is 4.39 Å². The quantitative estimate of drug-likeness (QED) is 0.534. The highest BCUT2D eigenvalue weighted by Gasteiger charge is 2.08. The second-order valence-electron chi connectivity index (χ2n) is 6.06. The van der Waals surface area contributed by atoms with Gasteiger partial charge in [0.25, 0.3) is 11.8 Å². The van der Waals surface area contributed by atoms with Crippen LogP contribution in [0.5, 0.6) is 5.75 Å². The second kappa shape index (κ2) is 9.87. The molecule has 27 heavy (non-hydrogen) atoms. The lowest BCUT2D eigenvalue weighted by Crippen LogP contribution is -2.43. The van der Waals surface area contributed by atoms with E-state index in [4.69, 9.17) is 4.74 Å². The summed E-state index contributed by atoms with van der Waals surface area (Å²) in [7, 11) is 0. The molecule has 2 aromatic rings. The maximum Gasteiger partial charge on any atom is 0.276 e. The first kappa shape index (κ1) is 20.6. The van der Waals surface area contributed by atoms with Crippen LogP contribution in [0.1, 0.15) is 30.9 Å². The summed E-state index contributed by atoms with van der Waals surface area (Å²) in [5.74, 6) is -0.447. The molecular formula is C20H20BrFN2O3. The molecule has 0 saturated carbocycles. The summed E-state index contributed by atoms with van der Waals surface area (Å²) in [6.07, 6.45) is 2.74. The van der Waals surface area contributed by atoms with Crippen LogP contribution < -0.4 is 15.6 Å². The Kier molecular flexibility index (Phi) is 7.55. The van der Waals surface area contributed by atoms with Crippen LogP contribution >= 0.6 is 15.9 Å². The number of hydrogen-bond acceptors (Lipinski definition) is 3. The Morgan fingerprint density at radius 1 is 1.15 bits per heavy atom.